The molecular formula is C18H27N3O3S. The maximum Gasteiger partial charge on any atom is 0.243 e. The van der Waals surface area contributed by atoms with Gasteiger partial charge in [0.15, 0.2) is 0 Å². The Morgan fingerprint density at radius 3 is 2.36 bits per heavy atom. The molecule has 0 saturated carbocycles. The number of rotatable bonds is 4. The molecule has 0 bridgehead atoms. The number of sulfonamides is 1. The lowest BCUT2D eigenvalue weighted by Crippen LogP contribution is -2.54. The molecular weight excluding hydrogens is 338 g/mol. The maximum atomic E-state index is 13.0. The van der Waals surface area contributed by atoms with Gasteiger partial charge in [0.05, 0.1) is 4.90 Å². The van der Waals surface area contributed by atoms with Gasteiger partial charge in [-0.1, -0.05) is 24.6 Å². The monoisotopic (exact) mass is 365 g/mol. The highest BCUT2D eigenvalue weighted by molar-refractivity contribution is 7.89. The van der Waals surface area contributed by atoms with Gasteiger partial charge in [-0.2, -0.15) is 4.31 Å². The summed E-state index contributed by atoms with van der Waals surface area (Å²) < 4.78 is 27.5. The molecule has 2 aliphatic rings. The quantitative estimate of drug-likeness (QED) is 0.875. The van der Waals surface area contributed by atoms with Crippen molar-refractivity contribution < 1.29 is 13.2 Å². The molecule has 2 fully saturated rings. The van der Waals surface area contributed by atoms with E-state index in [1.807, 2.05) is 4.90 Å². The van der Waals surface area contributed by atoms with Crippen LogP contribution in [0, 0.1) is 5.92 Å². The third-order valence-corrected chi connectivity index (χ3v) is 7.27. The molecule has 0 aromatic heterocycles. The van der Waals surface area contributed by atoms with Gasteiger partial charge in [-0.25, -0.2) is 8.42 Å². The molecule has 0 radical (unpaired) electrons. The third kappa shape index (κ3) is 3.88. The van der Waals surface area contributed by atoms with E-state index in [-0.39, 0.29) is 10.8 Å². The summed E-state index contributed by atoms with van der Waals surface area (Å²) in [4.78, 5) is 15.1. The number of benzene rings is 1. The Hall–Kier alpha value is -1.44. The van der Waals surface area contributed by atoms with E-state index in [9.17, 15) is 13.2 Å². The van der Waals surface area contributed by atoms with Crippen molar-refractivity contribution in [3.05, 3.63) is 30.3 Å². The number of nitrogens with two attached hydrogens (primary N) is 1. The number of amides is 1. The van der Waals surface area contributed by atoms with E-state index in [2.05, 4.69) is 0 Å². The second-order valence-corrected chi connectivity index (χ2v) is 8.84. The highest BCUT2D eigenvalue weighted by Crippen LogP contribution is 2.27. The van der Waals surface area contributed by atoms with Crippen LogP contribution in [0.3, 0.4) is 0 Å². The van der Waals surface area contributed by atoms with Gasteiger partial charge in [0.25, 0.3) is 0 Å². The molecule has 2 heterocycles. The molecule has 3 rings (SSSR count). The van der Waals surface area contributed by atoms with Gasteiger partial charge in [0.2, 0.25) is 15.9 Å². The Labute approximate surface area is 150 Å². The zero-order chi connectivity index (χ0) is 17.9. The lowest BCUT2D eigenvalue weighted by molar-refractivity contribution is -0.137. The standard InChI is InChI=1S/C18H27N3O3S/c19-14-15-9-12-20(13-10-15)18(22)17-8-4-5-11-21(17)25(23,24)16-6-2-1-3-7-16/h1-3,6-7,15,17H,4-5,8-14,19H2. The first-order valence-electron chi connectivity index (χ1n) is 9.10. The van der Waals surface area contributed by atoms with Crippen LogP contribution in [0.2, 0.25) is 0 Å². The molecule has 25 heavy (non-hydrogen) atoms. The van der Waals surface area contributed by atoms with Gasteiger partial charge in [-0.05, 0) is 50.3 Å². The number of likely N-dealkylation sites (tertiary alicyclic amines) is 1. The number of piperidine rings is 2. The fourth-order valence-corrected chi connectivity index (χ4v) is 5.44. The Balaban J connectivity index is 1.78. The maximum absolute atomic E-state index is 13.0. The van der Waals surface area contributed by atoms with Crippen molar-refractivity contribution in [3.63, 3.8) is 0 Å². The Bertz CT molecular complexity index is 685. The van der Waals surface area contributed by atoms with Crippen LogP contribution in [0.25, 0.3) is 0 Å². The molecule has 1 atom stereocenters. The molecule has 7 heteroatoms. The van der Waals surface area contributed by atoms with E-state index in [0.717, 1.165) is 25.7 Å². The number of carbonyl (C=O) groups is 1. The van der Waals surface area contributed by atoms with Crippen LogP contribution in [-0.2, 0) is 14.8 Å². The minimum atomic E-state index is -3.64. The Morgan fingerprint density at radius 2 is 1.72 bits per heavy atom. The molecule has 2 aliphatic heterocycles. The van der Waals surface area contributed by atoms with Gasteiger partial charge < -0.3 is 10.6 Å². The van der Waals surface area contributed by atoms with Crippen LogP contribution in [0.1, 0.15) is 32.1 Å². The van der Waals surface area contributed by atoms with Crippen molar-refractivity contribution in [2.24, 2.45) is 11.7 Å². The average molecular weight is 365 g/mol. The SMILES string of the molecule is NCC1CCN(C(=O)C2CCCCN2S(=O)(=O)c2ccccc2)CC1. The average Bonchev–Trinajstić information content (AvgIpc) is 2.68. The Morgan fingerprint density at radius 1 is 1.04 bits per heavy atom. The van der Waals surface area contributed by atoms with E-state index < -0.39 is 16.1 Å². The van der Waals surface area contributed by atoms with Gasteiger partial charge in [-0.3, -0.25) is 4.79 Å². The van der Waals surface area contributed by atoms with Crippen LogP contribution in [0.15, 0.2) is 35.2 Å². The largest absolute Gasteiger partial charge is 0.341 e. The molecule has 138 valence electrons. The molecule has 2 N–H and O–H groups in total. The van der Waals surface area contributed by atoms with Crippen LogP contribution in [-0.4, -0.2) is 55.8 Å². The van der Waals surface area contributed by atoms with Crippen molar-refractivity contribution >= 4 is 15.9 Å². The van der Waals surface area contributed by atoms with Crippen molar-refractivity contribution in [2.45, 2.75) is 43.0 Å². The van der Waals surface area contributed by atoms with E-state index in [0.29, 0.717) is 38.5 Å². The molecule has 0 aliphatic carbocycles. The molecule has 0 spiro atoms. The van der Waals surface area contributed by atoms with Crippen LogP contribution >= 0.6 is 0 Å². The number of carbonyl (C=O) groups excluding carboxylic acids is 1. The first-order chi connectivity index (χ1) is 12.0. The molecule has 1 amide bonds. The fourth-order valence-electron chi connectivity index (χ4n) is 3.77. The first-order valence-corrected chi connectivity index (χ1v) is 10.5. The second-order valence-electron chi connectivity index (χ2n) is 6.94. The van der Waals surface area contributed by atoms with Crippen LogP contribution in [0.4, 0.5) is 0 Å². The number of hydrogen-bond acceptors (Lipinski definition) is 4. The number of nitrogens with zero attached hydrogens (tertiary/aromatic N) is 2. The second kappa shape index (κ2) is 7.85. The van der Waals surface area contributed by atoms with E-state index in [4.69, 9.17) is 5.73 Å². The van der Waals surface area contributed by atoms with Gasteiger partial charge in [0, 0.05) is 19.6 Å². The summed E-state index contributed by atoms with van der Waals surface area (Å²) in [6.07, 6.45) is 4.09. The van der Waals surface area contributed by atoms with Crippen molar-refractivity contribution in [2.75, 3.05) is 26.2 Å². The minimum absolute atomic E-state index is 0.0466. The lowest BCUT2D eigenvalue weighted by atomic mass is 9.95. The summed E-state index contributed by atoms with van der Waals surface area (Å²) >= 11 is 0. The van der Waals surface area contributed by atoms with Crippen molar-refractivity contribution in [3.8, 4) is 0 Å². The summed E-state index contributed by atoms with van der Waals surface area (Å²) in [7, 11) is -3.64. The van der Waals surface area contributed by atoms with Crippen LogP contribution < -0.4 is 5.73 Å². The third-order valence-electron chi connectivity index (χ3n) is 5.35. The van der Waals surface area contributed by atoms with Gasteiger partial charge in [0.1, 0.15) is 6.04 Å². The topological polar surface area (TPSA) is 83.7 Å². The summed E-state index contributed by atoms with van der Waals surface area (Å²) in [5.74, 6) is 0.425. The molecule has 1 aromatic carbocycles. The molecule has 2 saturated heterocycles. The minimum Gasteiger partial charge on any atom is -0.341 e. The normalized spacial score (nSPS) is 23.6. The smallest absolute Gasteiger partial charge is 0.243 e. The molecule has 6 nitrogen and oxygen atoms in total. The zero-order valence-electron chi connectivity index (χ0n) is 14.5. The summed E-state index contributed by atoms with van der Waals surface area (Å²) in [6, 6.07) is 7.83. The predicted molar refractivity (Wildman–Crippen MR) is 96.3 cm³/mol. The van der Waals surface area contributed by atoms with E-state index >= 15 is 0 Å². The van der Waals surface area contributed by atoms with E-state index in [1.54, 1.807) is 30.3 Å². The highest BCUT2D eigenvalue weighted by Gasteiger charge is 2.39. The van der Waals surface area contributed by atoms with Crippen molar-refractivity contribution in [1.29, 1.82) is 0 Å². The Kier molecular flexibility index (Phi) is 5.76. The van der Waals surface area contributed by atoms with Gasteiger partial charge >= 0.3 is 0 Å². The fraction of sp³-hybridized carbons (Fsp3) is 0.611. The van der Waals surface area contributed by atoms with Crippen molar-refractivity contribution in [1.82, 2.24) is 9.21 Å². The summed E-state index contributed by atoms with van der Waals surface area (Å²) in [5.41, 5.74) is 5.72. The predicted octanol–water partition coefficient (Wildman–Crippen LogP) is 1.43. The highest BCUT2D eigenvalue weighted by atomic mass is 32.2. The zero-order valence-corrected chi connectivity index (χ0v) is 15.3. The molecule has 1 aromatic rings. The van der Waals surface area contributed by atoms with Crippen LogP contribution in [0.5, 0.6) is 0 Å². The molecule has 1 unspecified atom stereocenters. The first kappa shape index (κ1) is 18.4. The summed E-state index contributed by atoms with van der Waals surface area (Å²) in [5, 5.41) is 0. The lowest BCUT2D eigenvalue weighted by Gasteiger charge is -2.39. The number of hydrogen-bond donors (Lipinski definition) is 1. The van der Waals surface area contributed by atoms with Gasteiger partial charge in [-0.15, -0.1) is 0 Å². The van der Waals surface area contributed by atoms with E-state index in [1.165, 1.54) is 4.31 Å². The summed E-state index contributed by atoms with van der Waals surface area (Å²) in [6.45, 7) is 2.42.